The number of hydrogen-bond donors (Lipinski definition) is 3. The first-order valence-electron chi connectivity index (χ1n) is 8.29. The van der Waals surface area contributed by atoms with E-state index in [9.17, 15) is 0 Å². The molecule has 1 aromatic carbocycles. The molecule has 0 saturated heterocycles. The van der Waals surface area contributed by atoms with E-state index in [4.69, 9.17) is 22.9 Å². The van der Waals surface area contributed by atoms with Crippen molar-refractivity contribution in [3.8, 4) is 0 Å². The Bertz CT molecular complexity index is 724. The monoisotopic (exact) mass is 344 g/mol. The lowest BCUT2D eigenvalue weighted by Gasteiger charge is -2.30. The predicted octanol–water partition coefficient (Wildman–Crippen LogP) is 2.25. The van der Waals surface area contributed by atoms with Crippen LogP contribution in [0.3, 0.4) is 0 Å². The highest BCUT2D eigenvalue weighted by Gasteiger charge is 2.22. The molecule has 1 aliphatic carbocycles. The molecule has 2 aromatic rings. The van der Waals surface area contributed by atoms with E-state index in [0.717, 1.165) is 42.4 Å². The van der Waals surface area contributed by atoms with Gasteiger partial charge in [-0.05, 0) is 50.0 Å². The van der Waals surface area contributed by atoms with E-state index in [1.807, 2.05) is 37.2 Å². The molecule has 128 valence electrons. The molecule has 1 aliphatic rings. The summed E-state index contributed by atoms with van der Waals surface area (Å²) in [6, 6.07) is 8.87. The Labute approximate surface area is 147 Å². The molecule has 1 heterocycles. The molecule has 0 atom stereocenters. The Hall–Kier alpha value is -2.15. The van der Waals surface area contributed by atoms with E-state index in [0.29, 0.717) is 23.1 Å². The normalized spacial score (nSPS) is 20.6. The number of thiocarbonyl (C=S) groups is 1. The second-order valence-corrected chi connectivity index (χ2v) is 6.92. The molecule has 0 amide bonds. The van der Waals surface area contributed by atoms with Crippen LogP contribution in [-0.4, -0.2) is 41.3 Å². The van der Waals surface area contributed by atoms with Gasteiger partial charge in [-0.1, -0.05) is 12.1 Å². The molecule has 1 aromatic heterocycles. The molecule has 1 saturated carbocycles. The zero-order valence-corrected chi connectivity index (χ0v) is 14.9. The van der Waals surface area contributed by atoms with Crippen LogP contribution in [0.25, 0.3) is 10.9 Å². The second kappa shape index (κ2) is 7.17. The summed E-state index contributed by atoms with van der Waals surface area (Å²) in [6.07, 6.45) is 4.19. The molecule has 4 N–H and O–H groups in total. The lowest BCUT2D eigenvalue weighted by molar-refractivity contribution is 0.387. The van der Waals surface area contributed by atoms with Crippen LogP contribution >= 0.6 is 12.2 Å². The van der Waals surface area contributed by atoms with Crippen molar-refractivity contribution in [3.05, 3.63) is 24.3 Å². The molecule has 1 fully saturated rings. The molecule has 6 nitrogen and oxygen atoms in total. The lowest BCUT2D eigenvalue weighted by Crippen LogP contribution is -2.42. The highest BCUT2D eigenvalue weighted by molar-refractivity contribution is 7.80. The van der Waals surface area contributed by atoms with Crippen LogP contribution in [0.5, 0.6) is 0 Å². The summed E-state index contributed by atoms with van der Waals surface area (Å²) in [5, 5.41) is 8.12. The number of anilines is 2. The number of aromatic nitrogens is 2. The minimum atomic E-state index is 0.380. The molecule has 0 radical (unpaired) electrons. The molecule has 24 heavy (non-hydrogen) atoms. The minimum absolute atomic E-state index is 0.380. The number of nitrogens with two attached hydrogens (primary N) is 1. The molecule has 7 heteroatoms. The third kappa shape index (κ3) is 3.84. The average molecular weight is 344 g/mol. The van der Waals surface area contributed by atoms with Crippen LogP contribution in [0.1, 0.15) is 25.7 Å². The Morgan fingerprint density at radius 1 is 1.12 bits per heavy atom. The Morgan fingerprint density at radius 2 is 1.79 bits per heavy atom. The fourth-order valence-electron chi connectivity index (χ4n) is 3.23. The zero-order valence-electron chi connectivity index (χ0n) is 14.1. The van der Waals surface area contributed by atoms with Crippen LogP contribution in [0.4, 0.5) is 11.8 Å². The van der Waals surface area contributed by atoms with Crippen molar-refractivity contribution in [1.82, 2.24) is 15.3 Å². The van der Waals surface area contributed by atoms with Gasteiger partial charge in [-0.3, -0.25) is 0 Å². The quantitative estimate of drug-likeness (QED) is 0.734. The Kier molecular flexibility index (Phi) is 4.99. The van der Waals surface area contributed by atoms with Crippen molar-refractivity contribution < 1.29 is 0 Å². The van der Waals surface area contributed by atoms with Gasteiger partial charge in [-0.2, -0.15) is 4.98 Å². The summed E-state index contributed by atoms with van der Waals surface area (Å²) in [6.45, 7) is 0. The summed E-state index contributed by atoms with van der Waals surface area (Å²) < 4.78 is 0. The van der Waals surface area contributed by atoms with Gasteiger partial charge in [0.2, 0.25) is 5.95 Å². The standard InChI is InChI=1S/C17H24N6S/c1-23(2)15-13-5-3-4-6-14(13)21-17(22-15)20-12-9-7-11(8-10-12)19-16(18)24/h3-6,11-12H,7-10H2,1-2H3,(H3,18,19,24)(H,20,21,22). The molecule has 0 unspecified atom stereocenters. The van der Waals surface area contributed by atoms with Gasteiger partial charge in [0.15, 0.2) is 5.11 Å². The third-order valence-electron chi connectivity index (χ3n) is 4.41. The molecular weight excluding hydrogens is 320 g/mol. The topological polar surface area (TPSA) is 79.1 Å². The van der Waals surface area contributed by atoms with Crippen LogP contribution in [0.15, 0.2) is 24.3 Å². The van der Waals surface area contributed by atoms with Crippen molar-refractivity contribution in [2.45, 2.75) is 37.8 Å². The molecule has 0 spiro atoms. The van der Waals surface area contributed by atoms with Gasteiger partial charge in [-0.25, -0.2) is 4.98 Å². The van der Waals surface area contributed by atoms with Crippen molar-refractivity contribution in [3.63, 3.8) is 0 Å². The Balaban J connectivity index is 1.73. The number of benzene rings is 1. The van der Waals surface area contributed by atoms with E-state index in [-0.39, 0.29) is 0 Å². The fourth-order valence-corrected chi connectivity index (χ4v) is 3.40. The number of nitrogens with one attached hydrogen (secondary N) is 2. The summed E-state index contributed by atoms with van der Waals surface area (Å²) in [5.41, 5.74) is 6.52. The van der Waals surface area contributed by atoms with Gasteiger partial charge in [0.25, 0.3) is 0 Å². The van der Waals surface area contributed by atoms with E-state index in [1.54, 1.807) is 0 Å². The summed E-state index contributed by atoms with van der Waals surface area (Å²) in [5.74, 6) is 1.63. The van der Waals surface area contributed by atoms with Gasteiger partial charge in [0.05, 0.1) is 5.52 Å². The molecule has 0 aliphatic heterocycles. The van der Waals surface area contributed by atoms with Gasteiger partial charge in [-0.15, -0.1) is 0 Å². The number of nitrogens with zero attached hydrogens (tertiary/aromatic N) is 3. The third-order valence-corrected chi connectivity index (χ3v) is 4.53. The molecule has 3 rings (SSSR count). The smallest absolute Gasteiger partial charge is 0.225 e. The number of hydrogen-bond acceptors (Lipinski definition) is 5. The fraction of sp³-hybridized carbons (Fsp3) is 0.471. The number of rotatable bonds is 4. The highest BCUT2D eigenvalue weighted by Crippen LogP contribution is 2.26. The van der Waals surface area contributed by atoms with Gasteiger partial charge < -0.3 is 21.3 Å². The summed E-state index contributed by atoms with van der Waals surface area (Å²) in [7, 11) is 4.01. The zero-order chi connectivity index (χ0) is 17.1. The van der Waals surface area contributed by atoms with E-state index < -0.39 is 0 Å². The minimum Gasteiger partial charge on any atom is -0.376 e. The van der Waals surface area contributed by atoms with Gasteiger partial charge in [0.1, 0.15) is 5.82 Å². The molecule has 0 bridgehead atoms. The van der Waals surface area contributed by atoms with Gasteiger partial charge in [0, 0.05) is 31.6 Å². The second-order valence-electron chi connectivity index (χ2n) is 6.48. The predicted molar refractivity (Wildman–Crippen MR) is 103 cm³/mol. The molecular formula is C17H24N6S. The SMILES string of the molecule is CN(C)c1nc(NC2CCC(NC(N)=S)CC2)nc2ccccc12. The maximum absolute atomic E-state index is 5.56. The van der Waals surface area contributed by atoms with Crippen LogP contribution in [0.2, 0.25) is 0 Å². The first kappa shape index (κ1) is 16.7. The van der Waals surface area contributed by atoms with Crippen molar-refractivity contribution in [2.24, 2.45) is 5.73 Å². The van der Waals surface area contributed by atoms with E-state index in [2.05, 4.69) is 21.7 Å². The summed E-state index contributed by atoms with van der Waals surface area (Å²) >= 11 is 4.92. The van der Waals surface area contributed by atoms with Crippen molar-refractivity contribution >= 4 is 40.0 Å². The van der Waals surface area contributed by atoms with Crippen LogP contribution < -0.4 is 21.3 Å². The maximum atomic E-state index is 5.56. The van der Waals surface area contributed by atoms with E-state index >= 15 is 0 Å². The number of para-hydroxylation sites is 1. The highest BCUT2D eigenvalue weighted by atomic mass is 32.1. The Morgan fingerprint density at radius 3 is 2.46 bits per heavy atom. The lowest BCUT2D eigenvalue weighted by atomic mass is 9.91. The largest absolute Gasteiger partial charge is 0.376 e. The van der Waals surface area contributed by atoms with E-state index in [1.165, 1.54) is 0 Å². The first-order valence-corrected chi connectivity index (χ1v) is 8.70. The summed E-state index contributed by atoms with van der Waals surface area (Å²) in [4.78, 5) is 11.4. The number of fused-ring (bicyclic) bond motifs is 1. The van der Waals surface area contributed by atoms with Crippen molar-refractivity contribution in [2.75, 3.05) is 24.3 Å². The van der Waals surface area contributed by atoms with Crippen LogP contribution in [0, 0.1) is 0 Å². The maximum Gasteiger partial charge on any atom is 0.225 e. The first-order chi connectivity index (χ1) is 11.5. The van der Waals surface area contributed by atoms with Crippen molar-refractivity contribution in [1.29, 1.82) is 0 Å². The average Bonchev–Trinajstić information content (AvgIpc) is 2.55. The van der Waals surface area contributed by atoms with Gasteiger partial charge >= 0.3 is 0 Å². The van der Waals surface area contributed by atoms with Crippen LogP contribution in [-0.2, 0) is 0 Å².